The molecule has 0 aliphatic carbocycles. The Labute approximate surface area is 112 Å². The van der Waals surface area contributed by atoms with E-state index in [0.29, 0.717) is 13.0 Å². The maximum atomic E-state index is 11.4. The SMILES string of the molecule is O=C1CC/C=C/CCCCCCCCCCCO1. The minimum absolute atomic E-state index is 0.0380. The molecule has 0 N–H and O–H groups in total. The summed E-state index contributed by atoms with van der Waals surface area (Å²) in [6.45, 7) is 0.614. The van der Waals surface area contributed by atoms with Crippen LogP contribution in [0.25, 0.3) is 0 Å². The van der Waals surface area contributed by atoms with E-state index in [1.807, 2.05) is 0 Å². The van der Waals surface area contributed by atoms with Crippen LogP contribution in [0.3, 0.4) is 0 Å². The first-order chi connectivity index (χ1) is 8.89. The molecule has 0 saturated carbocycles. The molecule has 0 unspecified atom stereocenters. The van der Waals surface area contributed by atoms with E-state index in [4.69, 9.17) is 4.74 Å². The van der Waals surface area contributed by atoms with Crippen LogP contribution < -0.4 is 0 Å². The Hall–Kier alpha value is -0.790. The van der Waals surface area contributed by atoms with Crippen molar-refractivity contribution in [2.75, 3.05) is 6.61 Å². The summed E-state index contributed by atoms with van der Waals surface area (Å²) in [5, 5.41) is 0. The van der Waals surface area contributed by atoms with Crippen molar-refractivity contribution in [3.8, 4) is 0 Å². The molecule has 0 spiro atoms. The van der Waals surface area contributed by atoms with Gasteiger partial charge in [0.15, 0.2) is 0 Å². The molecular weight excluding hydrogens is 224 g/mol. The molecule has 1 heterocycles. The number of ether oxygens (including phenoxy) is 1. The van der Waals surface area contributed by atoms with E-state index in [-0.39, 0.29) is 5.97 Å². The number of carbonyl (C=O) groups excluding carboxylic acids is 1. The number of esters is 1. The lowest BCUT2D eigenvalue weighted by atomic mass is 10.1. The highest BCUT2D eigenvalue weighted by molar-refractivity contribution is 5.69. The third-order valence-corrected chi connectivity index (χ3v) is 3.46. The summed E-state index contributed by atoms with van der Waals surface area (Å²) < 4.78 is 5.19. The Balaban J connectivity index is 2.18. The Morgan fingerprint density at radius 3 is 2.00 bits per heavy atom. The normalized spacial score (nSPS) is 23.9. The standard InChI is InChI=1S/C16H28O2/c17-16-14-12-10-8-6-4-2-1-3-5-7-9-11-13-15-18-16/h8,10H,1-7,9,11-15H2/b10-8+. The maximum absolute atomic E-state index is 11.4. The van der Waals surface area contributed by atoms with Crippen LogP contribution in [0.1, 0.15) is 77.0 Å². The van der Waals surface area contributed by atoms with Gasteiger partial charge in [0.05, 0.1) is 6.61 Å². The van der Waals surface area contributed by atoms with Gasteiger partial charge in [-0.3, -0.25) is 4.79 Å². The van der Waals surface area contributed by atoms with E-state index in [1.165, 1.54) is 51.4 Å². The predicted molar refractivity (Wildman–Crippen MR) is 75.5 cm³/mol. The topological polar surface area (TPSA) is 26.3 Å². The van der Waals surface area contributed by atoms with E-state index in [2.05, 4.69) is 12.2 Å². The van der Waals surface area contributed by atoms with Gasteiger partial charge in [0.25, 0.3) is 0 Å². The maximum Gasteiger partial charge on any atom is 0.306 e. The molecule has 0 atom stereocenters. The lowest BCUT2D eigenvalue weighted by Gasteiger charge is -2.04. The zero-order chi connectivity index (χ0) is 12.9. The van der Waals surface area contributed by atoms with Gasteiger partial charge in [0, 0.05) is 6.42 Å². The molecule has 0 aromatic carbocycles. The number of cyclic esters (lactones) is 1. The Kier molecular flexibility index (Phi) is 9.59. The summed E-state index contributed by atoms with van der Waals surface area (Å²) in [4.78, 5) is 11.4. The molecule has 2 nitrogen and oxygen atoms in total. The van der Waals surface area contributed by atoms with Crippen molar-refractivity contribution in [2.24, 2.45) is 0 Å². The van der Waals surface area contributed by atoms with E-state index >= 15 is 0 Å². The number of allylic oxidation sites excluding steroid dienone is 2. The molecule has 0 aromatic heterocycles. The molecule has 2 heteroatoms. The largest absolute Gasteiger partial charge is 0.466 e. The number of rotatable bonds is 0. The van der Waals surface area contributed by atoms with Crippen LogP contribution in [0.2, 0.25) is 0 Å². The Morgan fingerprint density at radius 1 is 0.722 bits per heavy atom. The summed E-state index contributed by atoms with van der Waals surface area (Å²) >= 11 is 0. The number of carbonyl (C=O) groups is 1. The van der Waals surface area contributed by atoms with Gasteiger partial charge in [0.2, 0.25) is 0 Å². The van der Waals surface area contributed by atoms with Crippen molar-refractivity contribution in [3.63, 3.8) is 0 Å². The minimum Gasteiger partial charge on any atom is -0.466 e. The first kappa shape index (κ1) is 15.3. The fourth-order valence-electron chi connectivity index (χ4n) is 2.30. The molecule has 1 rings (SSSR count). The van der Waals surface area contributed by atoms with Gasteiger partial charge < -0.3 is 4.74 Å². The van der Waals surface area contributed by atoms with Gasteiger partial charge in [-0.25, -0.2) is 0 Å². The summed E-state index contributed by atoms with van der Waals surface area (Å²) in [5.74, 6) is -0.0380. The third-order valence-electron chi connectivity index (χ3n) is 3.46. The van der Waals surface area contributed by atoms with Gasteiger partial charge in [-0.2, -0.15) is 0 Å². The van der Waals surface area contributed by atoms with Crippen LogP contribution in [0, 0.1) is 0 Å². The van der Waals surface area contributed by atoms with Crippen molar-refractivity contribution in [2.45, 2.75) is 77.0 Å². The lowest BCUT2D eigenvalue weighted by molar-refractivity contribution is -0.143. The molecule has 1 aliphatic heterocycles. The first-order valence-electron chi connectivity index (χ1n) is 7.70. The van der Waals surface area contributed by atoms with Crippen molar-refractivity contribution >= 4 is 5.97 Å². The molecule has 18 heavy (non-hydrogen) atoms. The summed E-state index contributed by atoms with van der Waals surface area (Å²) in [7, 11) is 0. The monoisotopic (exact) mass is 252 g/mol. The van der Waals surface area contributed by atoms with Gasteiger partial charge in [-0.15, -0.1) is 0 Å². The van der Waals surface area contributed by atoms with Gasteiger partial charge in [-0.1, -0.05) is 57.1 Å². The van der Waals surface area contributed by atoms with Gasteiger partial charge >= 0.3 is 5.97 Å². The predicted octanol–water partition coefficient (Wildman–Crippen LogP) is 4.78. The fraction of sp³-hybridized carbons (Fsp3) is 0.812. The Morgan fingerprint density at radius 2 is 1.28 bits per heavy atom. The molecule has 0 bridgehead atoms. The molecule has 1 aliphatic rings. The first-order valence-corrected chi connectivity index (χ1v) is 7.70. The Bertz CT molecular complexity index is 233. The smallest absolute Gasteiger partial charge is 0.306 e. The molecule has 0 fully saturated rings. The second-order valence-electron chi connectivity index (χ2n) is 5.20. The minimum atomic E-state index is -0.0380. The van der Waals surface area contributed by atoms with Crippen molar-refractivity contribution < 1.29 is 9.53 Å². The van der Waals surface area contributed by atoms with Crippen LogP contribution >= 0.6 is 0 Å². The van der Waals surface area contributed by atoms with E-state index in [1.54, 1.807) is 0 Å². The molecular formula is C16H28O2. The second kappa shape index (κ2) is 11.3. The van der Waals surface area contributed by atoms with Crippen LogP contribution in [0.4, 0.5) is 0 Å². The quantitative estimate of drug-likeness (QED) is 0.458. The fourth-order valence-corrected chi connectivity index (χ4v) is 2.30. The third kappa shape index (κ3) is 9.26. The average Bonchev–Trinajstić information content (AvgIpc) is 2.37. The van der Waals surface area contributed by atoms with Crippen LogP contribution in [0.5, 0.6) is 0 Å². The van der Waals surface area contributed by atoms with Gasteiger partial charge in [0.1, 0.15) is 0 Å². The van der Waals surface area contributed by atoms with Crippen LogP contribution in [-0.4, -0.2) is 12.6 Å². The van der Waals surface area contributed by atoms with Crippen LogP contribution in [0.15, 0.2) is 12.2 Å². The summed E-state index contributed by atoms with van der Waals surface area (Å²) in [5.41, 5.74) is 0. The number of hydrogen-bond donors (Lipinski definition) is 0. The second-order valence-corrected chi connectivity index (χ2v) is 5.20. The zero-order valence-electron chi connectivity index (χ0n) is 11.7. The summed E-state index contributed by atoms with van der Waals surface area (Å²) in [6, 6.07) is 0. The van der Waals surface area contributed by atoms with Crippen molar-refractivity contribution in [1.29, 1.82) is 0 Å². The van der Waals surface area contributed by atoms with E-state index in [0.717, 1.165) is 19.3 Å². The summed E-state index contributed by atoms with van der Waals surface area (Å²) in [6.07, 6.45) is 18.5. The highest BCUT2D eigenvalue weighted by atomic mass is 16.5. The molecule has 0 saturated heterocycles. The molecule has 104 valence electrons. The highest BCUT2D eigenvalue weighted by Crippen LogP contribution is 2.11. The van der Waals surface area contributed by atoms with E-state index in [9.17, 15) is 4.79 Å². The lowest BCUT2D eigenvalue weighted by Crippen LogP contribution is -2.05. The molecule has 0 aromatic rings. The van der Waals surface area contributed by atoms with Crippen molar-refractivity contribution in [3.05, 3.63) is 12.2 Å². The van der Waals surface area contributed by atoms with Crippen molar-refractivity contribution in [1.82, 2.24) is 0 Å². The zero-order valence-corrected chi connectivity index (χ0v) is 11.7. The molecule has 0 amide bonds. The average molecular weight is 252 g/mol. The highest BCUT2D eigenvalue weighted by Gasteiger charge is 2.01. The number of hydrogen-bond acceptors (Lipinski definition) is 2. The van der Waals surface area contributed by atoms with Gasteiger partial charge in [-0.05, 0) is 25.7 Å². The van der Waals surface area contributed by atoms with Crippen LogP contribution in [-0.2, 0) is 9.53 Å². The van der Waals surface area contributed by atoms with E-state index < -0.39 is 0 Å². The molecule has 0 radical (unpaired) electrons.